The van der Waals surface area contributed by atoms with Crippen LogP contribution in [0.4, 0.5) is 5.69 Å². The second kappa shape index (κ2) is 10.3. The molecule has 0 bridgehead atoms. The standard InChI is InChI=1S/C25H32N2O3/c1-18(2)20-12-7-9-15-23(20)30-19(3)24(28)26-22-14-8-6-13-21(22)25(29)27-16-10-4-5-11-17-27/h6-9,12-15,18-19H,4-5,10-11,16-17H2,1-3H3,(H,26,28)/t19-/m0/s1. The highest BCUT2D eigenvalue weighted by Gasteiger charge is 2.23. The molecule has 0 aliphatic carbocycles. The lowest BCUT2D eigenvalue weighted by molar-refractivity contribution is -0.122. The maximum absolute atomic E-state index is 13.1. The molecule has 0 radical (unpaired) electrons. The zero-order valence-corrected chi connectivity index (χ0v) is 18.2. The van der Waals surface area contributed by atoms with E-state index in [-0.39, 0.29) is 11.8 Å². The summed E-state index contributed by atoms with van der Waals surface area (Å²) >= 11 is 0. The molecule has 1 atom stereocenters. The third kappa shape index (κ3) is 5.41. The first-order valence-electron chi connectivity index (χ1n) is 10.9. The molecule has 2 amide bonds. The molecule has 30 heavy (non-hydrogen) atoms. The number of benzene rings is 2. The van der Waals surface area contributed by atoms with Gasteiger partial charge in [-0.25, -0.2) is 0 Å². The lowest BCUT2D eigenvalue weighted by Crippen LogP contribution is -2.34. The quantitative estimate of drug-likeness (QED) is 0.712. The summed E-state index contributed by atoms with van der Waals surface area (Å²) in [5.74, 6) is 0.712. The lowest BCUT2D eigenvalue weighted by atomic mass is 10.0. The van der Waals surface area contributed by atoms with Crippen LogP contribution in [-0.4, -0.2) is 35.9 Å². The van der Waals surface area contributed by atoms with Gasteiger partial charge in [-0.1, -0.05) is 57.0 Å². The summed E-state index contributed by atoms with van der Waals surface area (Å²) in [4.78, 5) is 27.8. The highest BCUT2D eigenvalue weighted by Crippen LogP contribution is 2.27. The molecule has 1 heterocycles. The summed E-state index contributed by atoms with van der Waals surface area (Å²) in [5, 5.41) is 2.90. The van der Waals surface area contributed by atoms with Gasteiger partial charge < -0.3 is 15.0 Å². The van der Waals surface area contributed by atoms with Gasteiger partial charge in [-0.3, -0.25) is 9.59 Å². The maximum atomic E-state index is 13.1. The maximum Gasteiger partial charge on any atom is 0.265 e. The minimum absolute atomic E-state index is 0.0217. The van der Waals surface area contributed by atoms with E-state index in [4.69, 9.17) is 4.74 Å². The summed E-state index contributed by atoms with van der Waals surface area (Å²) in [6.45, 7) is 7.46. The summed E-state index contributed by atoms with van der Waals surface area (Å²) in [5.41, 5.74) is 2.13. The second-order valence-corrected chi connectivity index (χ2v) is 8.19. The molecule has 0 spiro atoms. The van der Waals surface area contributed by atoms with Crippen molar-refractivity contribution in [1.29, 1.82) is 0 Å². The average Bonchev–Trinajstić information content (AvgIpc) is 3.03. The van der Waals surface area contributed by atoms with E-state index in [9.17, 15) is 9.59 Å². The van der Waals surface area contributed by atoms with Gasteiger partial charge in [0.2, 0.25) is 0 Å². The number of nitrogens with one attached hydrogen (secondary N) is 1. The van der Waals surface area contributed by atoms with Gasteiger partial charge in [0.25, 0.3) is 11.8 Å². The molecule has 1 N–H and O–H groups in total. The highest BCUT2D eigenvalue weighted by molar-refractivity contribution is 6.04. The van der Waals surface area contributed by atoms with E-state index >= 15 is 0 Å². The van der Waals surface area contributed by atoms with Gasteiger partial charge in [-0.05, 0) is 49.4 Å². The number of ether oxygens (including phenoxy) is 1. The Hall–Kier alpha value is -2.82. The first-order chi connectivity index (χ1) is 14.5. The highest BCUT2D eigenvalue weighted by atomic mass is 16.5. The Labute approximate surface area is 179 Å². The van der Waals surface area contributed by atoms with Gasteiger partial charge >= 0.3 is 0 Å². The minimum atomic E-state index is -0.689. The third-order valence-electron chi connectivity index (χ3n) is 5.52. The third-order valence-corrected chi connectivity index (χ3v) is 5.52. The summed E-state index contributed by atoms with van der Waals surface area (Å²) in [6.07, 6.45) is 3.69. The largest absolute Gasteiger partial charge is 0.481 e. The molecule has 2 aromatic rings. The smallest absolute Gasteiger partial charge is 0.265 e. The van der Waals surface area contributed by atoms with Crippen molar-refractivity contribution in [3.63, 3.8) is 0 Å². The number of hydrogen-bond acceptors (Lipinski definition) is 3. The molecule has 0 aromatic heterocycles. The van der Waals surface area contributed by atoms with Crippen molar-refractivity contribution in [2.45, 2.75) is 58.5 Å². The van der Waals surface area contributed by atoms with Crippen LogP contribution in [-0.2, 0) is 4.79 Å². The summed E-state index contributed by atoms with van der Waals surface area (Å²) < 4.78 is 5.97. The number of carbonyl (C=O) groups is 2. The van der Waals surface area contributed by atoms with Crippen LogP contribution in [0.3, 0.4) is 0 Å². The van der Waals surface area contributed by atoms with Crippen LogP contribution < -0.4 is 10.1 Å². The van der Waals surface area contributed by atoms with Gasteiger partial charge in [0, 0.05) is 13.1 Å². The summed E-state index contributed by atoms with van der Waals surface area (Å²) in [7, 11) is 0. The van der Waals surface area contributed by atoms with E-state index in [2.05, 4.69) is 19.2 Å². The van der Waals surface area contributed by atoms with E-state index in [1.807, 2.05) is 41.3 Å². The number of para-hydroxylation sites is 2. The van der Waals surface area contributed by atoms with Crippen molar-refractivity contribution in [2.24, 2.45) is 0 Å². The van der Waals surface area contributed by atoms with E-state index in [0.29, 0.717) is 22.9 Å². The Bertz CT molecular complexity index is 870. The van der Waals surface area contributed by atoms with Crippen LogP contribution in [0.2, 0.25) is 0 Å². The van der Waals surface area contributed by atoms with Crippen molar-refractivity contribution in [2.75, 3.05) is 18.4 Å². The number of likely N-dealkylation sites (tertiary alicyclic amines) is 1. The molecule has 0 saturated carbocycles. The molecule has 5 heteroatoms. The topological polar surface area (TPSA) is 58.6 Å². The van der Waals surface area contributed by atoms with Crippen molar-refractivity contribution in [3.05, 3.63) is 59.7 Å². The molecular weight excluding hydrogens is 376 g/mol. The summed E-state index contributed by atoms with van der Waals surface area (Å²) in [6, 6.07) is 15.0. The Morgan fingerprint density at radius 2 is 1.53 bits per heavy atom. The van der Waals surface area contributed by atoms with Crippen LogP contribution in [0, 0.1) is 0 Å². The number of rotatable bonds is 6. The lowest BCUT2D eigenvalue weighted by Gasteiger charge is -2.23. The number of nitrogens with zero attached hydrogens (tertiary/aromatic N) is 1. The fourth-order valence-corrected chi connectivity index (χ4v) is 3.77. The number of amides is 2. The van der Waals surface area contributed by atoms with Crippen molar-refractivity contribution >= 4 is 17.5 Å². The molecule has 1 aliphatic heterocycles. The fourth-order valence-electron chi connectivity index (χ4n) is 3.77. The number of hydrogen-bond donors (Lipinski definition) is 1. The normalized spacial score (nSPS) is 15.4. The molecule has 0 unspecified atom stereocenters. The van der Waals surface area contributed by atoms with Crippen LogP contribution in [0.1, 0.15) is 68.3 Å². The van der Waals surface area contributed by atoms with Gasteiger partial charge in [0.1, 0.15) is 5.75 Å². The number of anilines is 1. The molecule has 2 aromatic carbocycles. The van der Waals surface area contributed by atoms with Crippen molar-refractivity contribution in [1.82, 2.24) is 4.90 Å². The molecule has 160 valence electrons. The SMILES string of the molecule is CC(C)c1ccccc1O[C@@H](C)C(=O)Nc1ccccc1C(=O)N1CCCCCC1. The van der Waals surface area contributed by atoms with E-state index in [0.717, 1.165) is 44.3 Å². The Morgan fingerprint density at radius 3 is 2.23 bits per heavy atom. The Kier molecular flexibility index (Phi) is 7.50. The average molecular weight is 409 g/mol. The van der Waals surface area contributed by atoms with Crippen molar-refractivity contribution in [3.8, 4) is 5.75 Å². The molecular formula is C25H32N2O3. The first kappa shape index (κ1) is 21.9. The molecule has 1 saturated heterocycles. The van der Waals surface area contributed by atoms with Crippen LogP contribution >= 0.6 is 0 Å². The fraction of sp³-hybridized carbons (Fsp3) is 0.440. The predicted octanol–water partition coefficient (Wildman–Crippen LogP) is 5.23. The van der Waals surface area contributed by atoms with Gasteiger partial charge in [0.15, 0.2) is 6.10 Å². The van der Waals surface area contributed by atoms with Crippen molar-refractivity contribution < 1.29 is 14.3 Å². The molecule has 3 rings (SSSR count). The van der Waals surface area contributed by atoms with Gasteiger partial charge in [-0.2, -0.15) is 0 Å². The van der Waals surface area contributed by atoms with E-state index < -0.39 is 6.10 Å². The predicted molar refractivity (Wildman–Crippen MR) is 120 cm³/mol. The zero-order valence-electron chi connectivity index (χ0n) is 18.2. The second-order valence-electron chi connectivity index (χ2n) is 8.19. The molecule has 1 aliphatic rings. The van der Waals surface area contributed by atoms with Crippen LogP contribution in [0.5, 0.6) is 5.75 Å². The zero-order chi connectivity index (χ0) is 21.5. The Morgan fingerprint density at radius 1 is 0.900 bits per heavy atom. The van der Waals surface area contributed by atoms with E-state index in [1.165, 1.54) is 0 Å². The van der Waals surface area contributed by atoms with Crippen LogP contribution in [0.25, 0.3) is 0 Å². The van der Waals surface area contributed by atoms with Crippen LogP contribution in [0.15, 0.2) is 48.5 Å². The van der Waals surface area contributed by atoms with Gasteiger partial charge in [-0.15, -0.1) is 0 Å². The molecule has 5 nitrogen and oxygen atoms in total. The Balaban J connectivity index is 1.72. The monoisotopic (exact) mass is 408 g/mol. The van der Waals surface area contributed by atoms with E-state index in [1.54, 1.807) is 19.1 Å². The number of carbonyl (C=O) groups excluding carboxylic acids is 2. The first-order valence-corrected chi connectivity index (χ1v) is 10.9. The minimum Gasteiger partial charge on any atom is -0.481 e. The molecule has 1 fully saturated rings. The van der Waals surface area contributed by atoms with Gasteiger partial charge in [0.05, 0.1) is 11.3 Å².